The lowest BCUT2D eigenvalue weighted by molar-refractivity contribution is 0.669. The topological polar surface area (TPSA) is 13.1 Å². The minimum absolute atomic E-state index is 0.909. The summed E-state index contributed by atoms with van der Waals surface area (Å²) in [7, 11) is 0. The van der Waals surface area contributed by atoms with Gasteiger partial charge in [0, 0.05) is 30.9 Å². The Hall–Kier alpha value is -9.34. The van der Waals surface area contributed by atoms with Crippen molar-refractivity contribution < 1.29 is 4.42 Å². The van der Waals surface area contributed by atoms with Gasteiger partial charge < -0.3 is 4.42 Å². The van der Waals surface area contributed by atoms with E-state index >= 15 is 0 Å². The van der Waals surface area contributed by atoms with Crippen LogP contribution in [0.15, 0.2) is 259 Å². The van der Waals surface area contributed by atoms with Crippen LogP contribution < -0.4 is 0 Å². The predicted molar refractivity (Wildman–Crippen MR) is 319 cm³/mol. The molecule has 16 rings (SSSR count). The summed E-state index contributed by atoms with van der Waals surface area (Å²) in [5, 5.41) is 19.9. The number of hydrogen-bond donors (Lipinski definition) is 0. The fraction of sp³-hybridized carbons (Fsp3) is 0. The van der Waals surface area contributed by atoms with Crippen LogP contribution in [-0.4, -0.2) is 0 Å². The van der Waals surface area contributed by atoms with E-state index in [4.69, 9.17) is 4.42 Å². The van der Waals surface area contributed by atoms with Crippen molar-refractivity contribution in [2.45, 2.75) is 0 Å². The van der Waals surface area contributed by atoms with E-state index in [0.717, 1.165) is 21.9 Å². The average molecular weight is 955 g/mol. The zero-order chi connectivity index (χ0) is 48.4. The minimum atomic E-state index is 0.909. The van der Waals surface area contributed by atoms with E-state index < -0.39 is 0 Å². The maximum atomic E-state index is 6.27. The first kappa shape index (κ1) is 41.3. The van der Waals surface area contributed by atoms with Gasteiger partial charge in [0.2, 0.25) is 0 Å². The van der Waals surface area contributed by atoms with Gasteiger partial charge in [0.05, 0.1) is 0 Å². The summed E-state index contributed by atoms with van der Waals surface area (Å²) in [6.45, 7) is 0. The molecule has 74 heavy (non-hydrogen) atoms. The van der Waals surface area contributed by atoms with Gasteiger partial charge in [-0.2, -0.15) is 0 Å². The number of benzene rings is 14. The van der Waals surface area contributed by atoms with Crippen molar-refractivity contribution in [3.05, 3.63) is 255 Å². The van der Waals surface area contributed by atoms with Crippen molar-refractivity contribution >= 4 is 118 Å². The SMILES string of the molecule is c1ccc2cc(-c3c4ccccc4c(-c4cccc5cc(-c6ccc7sc8ccc(-c9c%10ccccc%10c(-c%10ccc%11oc%12ccccc%12c%11c%10)c%10ccccc9%10)cc8c7c6)ccc45)c4ccccc34)ccc2c1. The van der Waals surface area contributed by atoms with E-state index in [1.165, 1.54) is 140 Å². The Morgan fingerprint density at radius 1 is 0.216 bits per heavy atom. The molecule has 0 N–H and O–H groups in total. The molecule has 0 amide bonds. The van der Waals surface area contributed by atoms with Gasteiger partial charge in [-0.25, -0.2) is 0 Å². The van der Waals surface area contributed by atoms with Crippen LogP contribution in [0.4, 0.5) is 0 Å². The predicted octanol–water partition coefficient (Wildman–Crippen LogP) is 21.2. The zero-order valence-corrected chi connectivity index (χ0v) is 40.9. The lowest BCUT2D eigenvalue weighted by Gasteiger charge is -2.19. The standard InChI is InChI=1S/C72H42OS/c1-2-15-44-39-48(29-28-43(44)14-1)69-58-22-7-9-24-60(58)72(61-25-10-8-23-59(61)69)53-26-13-16-47-38-45(30-34-51(47)53)46-32-36-67-63(40-46)64-42-50(33-37-68(64)74-67)71-56-20-5-3-18-54(56)70(55-19-4-6-21-57(55)71)49-31-35-66-62(41-49)52-17-11-12-27-65(52)73-66/h1-42H. The molecule has 0 radical (unpaired) electrons. The molecule has 1 nitrogen and oxygen atoms in total. The summed E-state index contributed by atoms with van der Waals surface area (Å²) in [6, 6.07) is 94.5. The maximum Gasteiger partial charge on any atom is 0.135 e. The van der Waals surface area contributed by atoms with Gasteiger partial charge in [-0.1, -0.05) is 200 Å². The first-order valence-corrected chi connectivity index (χ1v) is 26.3. The second kappa shape index (κ2) is 16.1. The Balaban J connectivity index is 0.825. The van der Waals surface area contributed by atoms with Crippen molar-refractivity contribution in [2.75, 3.05) is 0 Å². The lowest BCUT2D eigenvalue weighted by atomic mass is 9.84. The molecule has 0 aliphatic heterocycles. The van der Waals surface area contributed by atoms with Gasteiger partial charge >= 0.3 is 0 Å². The Morgan fingerprint density at radius 3 is 1.24 bits per heavy atom. The zero-order valence-electron chi connectivity index (χ0n) is 40.1. The lowest BCUT2D eigenvalue weighted by Crippen LogP contribution is -1.92. The van der Waals surface area contributed by atoms with Crippen molar-refractivity contribution in [3.63, 3.8) is 0 Å². The molecule has 0 spiro atoms. The molecule has 0 saturated carbocycles. The second-order valence-corrected chi connectivity index (χ2v) is 20.9. The molecule has 14 aromatic carbocycles. The van der Waals surface area contributed by atoms with Crippen LogP contribution in [0.3, 0.4) is 0 Å². The third-order valence-corrected chi connectivity index (χ3v) is 17.0. The highest BCUT2D eigenvalue weighted by molar-refractivity contribution is 7.25. The summed E-state index contributed by atoms with van der Waals surface area (Å²) >= 11 is 1.87. The van der Waals surface area contributed by atoms with Gasteiger partial charge in [0.25, 0.3) is 0 Å². The third kappa shape index (κ3) is 6.22. The van der Waals surface area contributed by atoms with Gasteiger partial charge in [0.1, 0.15) is 11.2 Å². The summed E-state index contributed by atoms with van der Waals surface area (Å²) in [5.74, 6) is 0. The van der Waals surface area contributed by atoms with Gasteiger partial charge in [-0.3, -0.25) is 0 Å². The van der Waals surface area contributed by atoms with Crippen LogP contribution in [-0.2, 0) is 0 Å². The summed E-state index contributed by atoms with van der Waals surface area (Å²) in [4.78, 5) is 0. The molecule has 2 heteroatoms. The molecule has 2 heterocycles. The van der Waals surface area contributed by atoms with Crippen LogP contribution in [0.25, 0.3) is 162 Å². The third-order valence-electron chi connectivity index (χ3n) is 15.8. The first-order chi connectivity index (χ1) is 36.7. The van der Waals surface area contributed by atoms with E-state index in [1.807, 2.05) is 17.4 Å². The van der Waals surface area contributed by atoms with E-state index in [2.05, 4.69) is 249 Å². The monoisotopic (exact) mass is 954 g/mol. The molecule has 0 fully saturated rings. The Morgan fingerprint density at radius 2 is 0.622 bits per heavy atom. The summed E-state index contributed by atoms with van der Waals surface area (Å²) < 4.78 is 8.86. The Kier molecular flexibility index (Phi) is 8.98. The molecule has 2 aromatic heterocycles. The molecule has 0 aliphatic carbocycles. The van der Waals surface area contributed by atoms with Gasteiger partial charge in [-0.05, 0) is 175 Å². The van der Waals surface area contributed by atoms with Crippen LogP contribution in [0, 0.1) is 0 Å². The number of furan rings is 1. The number of para-hydroxylation sites is 1. The number of fused-ring (bicyclic) bond motifs is 12. The van der Waals surface area contributed by atoms with Gasteiger partial charge in [-0.15, -0.1) is 11.3 Å². The van der Waals surface area contributed by atoms with Gasteiger partial charge in [0.15, 0.2) is 0 Å². The molecule has 0 atom stereocenters. The molecule has 0 aliphatic rings. The van der Waals surface area contributed by atoms with Crippen molar-refractivity contribution in [2.24, 2.45) is 0 Å². The van der Waals surface area contributed by atoms with Crippen LogP contribution in [0.2, 0.25) is 0 Å². The smallest absolute Gasteiger partial charge is 0.135 e. The fourth-order valence-electron chi connectivity index (χ4n) is 12.5. The Labute approximate surface area is 430 Å². The maximum absolute atomic E-state index is 6.27. The highest BCUT2D eigenvalue weighted by Crippen LogP contribution is 2.49. The molecular formula is C72H42OS. The second-order valence-electron chi connectivity index (χ2n) is 19.8. The summed E-state index contributed by atoms with van der Waals surface area (Å²) in [5.41, 5.74) is 14.2. The van der Waals surface area contributed by atoms with E-state index in [9.17, 15) is 0 Å². The molecule has 342 valence electrons. The summed E-state index contributed by atoms with van der Waals surface area (Å²) in [6.07, 6.45) is 0. The largest absolute Gasteiger partial charge is 0.456 e. The molecule has 0 bridgehead atoms. The highest BCUT2D eigenvalue weighted by atomic mass is 32.1. The van der Waals surface area contributed by atoms with Crippen LogP contribution >= 0.6 is 11.3 Å². The van der Waals surface area contributed by atoms with Crippen molar-refractivity contribution in [1.82, 2.24) is 0 Å². The van der Waals surface area contributed by atoms with Crippen molar-refractivity contribution in [3.8, 4) is 55.6 Å². The van der Waals surface area contributed by atoms with E-state index in [-0.39, 0.29) is 0 Å². The number of thiophene rings is 1. The quantitative estimate of drug-likeness (QED) is 0.157. The molecule has 0 unspecified atom stereocenters. The normalized spacial score (nSPS) is 12.1. The highest BCUT2D eigenvalue weighted by Gasteiger charge is 2.21. The van der Waals surface area contributed by atoms with E-state index in [1.54, 1.807) is 0 Å². The fourth-order valence-corrected chi connectivity index (χ4v) is 13.6. The van der Waals surface area contributed by atoms with Crippen LogP contribution in [0.5, 0.6) is 0 Å². The minimum Gasteiger partial charge on any atom is -0.456 e. The molecule has 16 aromatic rings. The van der Waals surface area contributed by atoms with E-state index in [0.29, 0.717) is 0 Å². The Bertz CT molecular complexity index is 4920. The molecular weight excluding hydrogens is 913 g/mol. The number of rotatable bonds is 5. The number of hydrogen-bond acceptors (Lipinski definition) is 2. The molecule has 0 saturated heterocycles. The van der Waals surface area contributed by atoms with Crippen molar-refractivity contribution in [1.29, 1.82) is 0 Å². The van der Waals surface area contributed by atoms with Crippen LogP contribution in [0.1, 0.15) is 0 Å². The average Bonchev–Trinajstić information content (AvgIpc) is 4.03. The first-order valence-electron chi connectivity index (χ1n) is 25.5.